The number of allylic oxidation sites excluding steroid dienone is 1. The average Bonchev–Trinajstić information content (AvgIpc) is 2.66. The van der Waals surface area contributed by atoms with Crippen molar-refractivity contribution in [2.45, 2.75) is 26.1 Å². The van der Waals surface area contributed by atoms with Gasteiger partial charge in [-0.3, -0.25) is 0 Å². The number of hydrogen-bond acceptors (Lipinski definition) is 0. The molecule has 0 bridgehead atoms. The second-order valence-electron chi connectivity index (χ2n) is 6.01. The second-order valence-corrected chi connectivity index (χ2v) is 10.8. The Morgan fingerprint density at radius 1 is 1.25 bits per heavy atom. The molecule has 20 heavy (non-hydrogen) atoms. The normalized spacial score (nSPS) is 10.8. The largest absolute Gasteiger partial charge is 0.346 e. The molecule has 0 aliphatic heterocycles. The summed E-state index contributed by atoms with van der Waals surface area (Å²) in [5.41, 5.74) is 9.99. The van der Waals surface area contributed by atoms with E-state index in [1.54, 1.807) is 0 Å². The highest BCUT2D eigenvalue weighted by Gasteiger charge is 2.13. The van der Waals surface area contributed by atoms with E-state index in [-0.39, 0.29) is 0 Å². The molecular formula is C18H21NSi. The minimum absolute atomic E-state index is 0.824. The molecule has 1 aromatic carbocycles. The predicted molar refractivity (Wildman–Crippen MR) is 90.6 cm³/mol. The Kier molecular flexibility index (Phi) is 4.04. The van der Waals surface area contributed by atoms with Gasteiger partial charge < -0.3 is 4.57 Å². The van der Waals surface area contributed by atoms with Crippen LogP contribution in [0.3, 0.4) is 0 Å². The summed E-state index contributed by atoms with van der Waals surface area (Å²) < 4.78 is 2.23. The van der Waals surface area contributed by atoms with E-state index in [1.165, 1.54) is 16.6 Å². The molecule has 0 unspecified atom stereocenters. The smallest absolute Gasteiger partial charge is 0.129 e. The zero-order chi connectivity index (χ0) is 14.8. The van der Waals surface area contributed by atoms with Crippen LogP contribution in [-0.4, -0.2) is 12.6 Å². The summed E-state index contributed by atoms with van der Waals surface area (Å²) in [6.07, 6.45) is 2.79. The van der Waals surface area contributed by atoms with E-state index in [2.05, 4.69) is 79.3 Å². The topological polar surface area (TPSA) is 4.93 Å². The van der Waals surface area contributed by atoms with Crippen LogP contribution in [0.4, 0.5) is 0 Å². The lowest BCUT2D eigenvalue weighted by molar-refractivity contribution is 0.887. The van der Waals surface area contributed by atoms with Gasteiger partial charge in [0.05, 0.1) is 5.56 Å². The minimum atomic E-state index is -1.38. The van der Waals surface area contributed by atoms with Crippen LogP contribution in [-0.2, 0) is 13.5 Å². The molecule has 0 spiro atoms. The summed E-state index contributed by atoms with van der Waals surface area (Å²) >= 11 is 0. The first-order valence-electron chi connectivity index (χ1n) is 6.88. The number of nitrogens with zero attached hydrogens (tertiary/aromatic N) is 1. The van der Waals surface area contributed by atoms with Gasteiger partial charge in [0.2, 0.25) is 0 Å². The Bertz CT molecular complexity index is 741. The van der Waals surface area contributed by atoms with Crippen molar-refractivity contribution in [2.24, 2.45) is 7.05 Å². The van der Waals surface area contributed by atoms with Gasteiger partial charge in [-0.2, -0.15) is 0 Å². The summed E-state index contributed by atoms with van der Waals surface area (Å²) in [6.45, 7) is 10.5. The van der Waals surface area contributed by atoms with E-state index in [9.17, 15) is 0 Å². The molecule has 0 N–H and O–H groups in total. The Labute approximate surface area is 122 Å². The first kappa shape index (κ1) is 14.5. The monoisotopic (exact) mass is 279 g/mol. The van der Waals surface area contributed by atoms with E-state index >= 15 is 0 Å². The number of aromatic nitrogens is 1. The number of hydrogen-bond donors (Lipinski definition) is 0. The van der Waals surface area contributed by atoms with E-state index < -0.39 is 8.07 Å². The maximum absolute atomic E-state index is 3.66. The molecule has 2 rings (SSSR count). The van der Waals surface area contributed by atoms with Gasteiger partial charge in [0, 0.05) is 30.1 Å². The third-order valence-electron chi connectivity index (χ3n) is 3.23. The molecule has 0 aliphatic rings. The van der Waals surface area contributed by atoms with Gasteiger partial charge in [0.25, 0.3) is 0 Å². The zero-order valence-corrected chi connectivity index (χ0v) is 13.7. The molecule has 0 radical (unpaired) electrons. The summed E-state index contributed by atoms with van der Waals surface area (Å²) in [4.78, 5) is 0. The molecule has 1 aromatic heterocycles. The Morgan fingerprint density at radius 3 is 2.60 bits per heavy atom. The molecule has 0 atom stereocenters. The highest BCUT2D eigenvalue weighted by molar-refractivity contribution is 6.83. The van der Waals surface area contributed by atoms with Crippen molar-refractivity contribution in [1.82, 2.24) is 4.57 Å². The van der Waals surface area contributed by atoms with Crippen LogP contribution in [0.1, 0.15) is 11.3 Å². The van der Waals surface area contributed by atoms with Crippen molar-refractivity contribution in [1.29, 1.82) is 0 Å². The van der Waals surface area contributed by atoms with Gasteiger partial charge in [-0.15, -0.1) is 11.3 Å². The summed E-state index contributed by atoms with van der Waals surface area (Å²) in [7, 11) is 0.725. The fraction of sp³-hybridized carbons (Fsp3) is 0.278. The van der Waals surface area contributed by atoms with Crippen LogP contribution >= 0.6 is 0 Å². The molecule has 1 heterocycles. The second kappa shape index (κ2) is 5.59. The van der Waals surface area contributed by atoms with Crippen LogP contribution in [0.2, 0.25) is 19.6 Å². The van der Waals surface area contributed by atoms with E-state index in [0.29, 0.717) is 0 Å². The number of fused-ring (bicyclic) bond motifs is 1. The van der Waals surface area contributed by atoms with Gasteiger partial charge >= 0.3 is 0 Å². The molecule has 0 aliphatic carbocycles. The molecule has 0 saturated heterocycles. The maximum atomic E-state index is 3.66. The van der Waals surface area contributed by atoms with Crippen molar-refractivity contribution in [3.8, 4) is 11.5 Å². The van der Waals surface area contributed by atoms with E-state index in [0.717, 1.165) is 12.0 Å². The zero-order valence-electron chi connectivity index (χ0n) is 12.7. The fourth-order valence-electron chi connectivity index (χ4n) is 2.24. The highest BCUT2D eigenvalue weighted by atomic mass is 28.3. The molecule has 0 saturated carbocycles. The van der Waals surface area contributed by atoms with Crippen molar-refractivity contribution >= 4 is 19.0 Å². The third-order valence-corrected chi connectivity index (χ3v) is 4.11. The first-order valence-corrected chi connectivity index (χ1v) is 10.4. The van der Waals surface area contributed by atoms with Crippen LogP contribution in [0.15, 0.2) is 42.7 Å². The number of aryl methyl sites for hydroxylation is 1. The summed E-state index contributed by atoms with van der Waals surface area (Å²) in [5.74, 6) is 3.45. The standard InChI is InChI=1S/C18H21NSi/c1-6-7-11-17-16(13-14-20(3,4)5)15-10-8-9-12-18(15)19(17)2/h7-10,12H,1,11H2,2-5H3. The lowest BCUT2D eigenvalue weighted by Gasteiger charge is -2.04. The third kappa shape index (κ3) is 2.96. The van der Waals surface area contributed by atoms with Crippen LogP contribution in [0.5, 0.6) is 0 Å². The van der Waals surface area contributed by atoms with Crippen molar-refractivity contribution < 1.29 is 0 Å². The lowest BCUT2D eigenvalue weighted by Crippen LogP contribution is -2.16. The van der Waals surface area contributed by atoms with Gasteiger partial charge in [0.15, 0.2) is 0 Å². The molecular weight excluding hydrogens is 258 g/mol. The molecule has 102 valence electrons. The van der Waals surface area contributed by atoms with Gasteiger partial charge in [-0.05, 0) is 12.1 Å². The SMILES string of the molecule is C=C=CCc1c(C#C[Si](C)(C)C)c2ccccc2n1C. The van der Waals surface area contributed by atoms with Crippen LogP contribution in [0.25, 0.3) is 10.9 Å². The fourth-order valence-corrected chi connectivity index (χ4v) is 2.74. The lowest BCUT2D eigenvalue weighted by atomic mass is 10.1. The molecule has 2 aromatic rings. The number of benzene rings is 1. The Hall–Kier alpha value is -1.94. The maximum Gasteiger partial charge on any atom is 0.129 e. The minimum Gasteiger partial charge on any atom is -0.346 e. The van der Waals surface area contributed by atoms with Gasteiger partial charge in [-0.25, -0.2) is 0 Å². The Morgan fingerprint density at radius 2 is 1.95 bits per heavy atom. The van der Waals surface area contributed by atoms with Gasteiger partial charge in [-0.1, -0.05) is 50.3 Å². The van der Waals surface area contributed by atoms with E-state index in [4.69, 9.17) is 0 Å². The molecule has 2 heteroatoms. The quantitative estimate of drug-likeness (QED) is 0.439. The highest BCUT2D eigenvalue weighted by Crippen LogP contribution is 2.25. The summed E-state index contributed by atoms with van der Waals surface area (Å²) in [5, 5.41) is 1.24. The first-order chi connectivity index (χ1) is 9.44. The number of para-hydroxylation sites is 1. The molecule has 0 amide bonds. The van der Waals surface area contributed by atoms with Gasteiger partial charge in [0.1, 0.15) is 8.07 Å². The Balaban J connectivity index is 2.70. The van der Waals surface area contributed by atoms with E-state index in [1.807, 2.05) is 6.08 Å². The van der Waals surface area contributed by atoms with Crippen molar-refractivity contribution in [3.63, 3.8) is 0 Å². The van der Waals surface area contributed by atoms with Crippen molar-refractivity contribution in [2.75, 3.05) is 0 Å². The van der Waals surface area contributed by atoms with Crippen LogP contribution < -0.4 is 0 Å². The van der Waals surface area contributed by atoms with Crippen molar-refractivity contribution in [3.05, 3.63) is 53.9 Å². The predicted octanol–water partition coefficient (Wildman–Crippen LogP) is 4.29. The summed E-state index contributed by atoms with van der Waals surface area (Å²) in [6, 6.07) is 8.46. The average molecular weight is 279 g/mol. The number of rotatable bonds is 2. The molecule has 1 nitrogen and oxygen atoms in total. The van der Waals surface area contributed by atoms with Crippen LogP contribution in [0, 0.1) is 11.5 Å². The molecule has 0 fully saturated rings.